The molecule has 0 saturated carbocycles. The minimum absolute atomic E-state index is 0.0263. The lowest BCUT2D eigenvalue weighted by atomic mass is 10.1. The number of hydrogen-bond acceptors (Lipinski definition) is 8. The number of Topliss-reactive ketones (excluding diaryl/α,β-unsaturated/α-hetero) is 1. The first-order chi connectivity index (χ1) is 15.1. The van der Waals surface area contributed by atoms with Crippen LogP contribution in [0, 0.1) is 5.92 Å². The smallest absolute Gasteiger partial charge is 0.358 e. The normalized spacial score (nSPS) is 11.0. The molecule has 32 heavy (non-hydrogen) atoms. The lowest BCUT2D eigenvalue weighted by molar-refractivity contribution is 0.0469. The van der Waals surface area contributed by atoms with Crippen LogP contribution in [0.2, 0.25) is 5.02 Å². The molecule has 0 unspecified atom stereocenters. The number of aromatic nitrogens is 3. The molecule has 2 heterocycles. The molecular weight excluding hydrogens is 456 g/mol. The van der Waals surface area contributed by atoms with Gasteiger partial charge in [-0.1, -0.05) is 37.6 Å². The third-order valence-corrected chi connectivity index (χ3v) is 5.69. The quantitative estimate of drug-likeness (QED) is 0.410. The Morgan fingerprint density at radius 3 is 2.50 bits per heavy atom. The molecule has 0 amide bonds. The Balaban J connectivity index is 1.78. The second kappa shape index (κ2) is 9.49. The number of thiazole rings is 1. The number of nitrogens with zero attached hydrogens (tertiary/aromatic N) is 3. The Morgan fingerprint density at radius 2 is 1.88 bits per heavy atom. The van der Waals surface area contributed by atoms with E-state index in [0.717, 1.165) is 10.1 Å². The summed E-state index contributed by atoms with van der Waals surface area (Å²) in [6.07, 6.45) is 0. The molecule has 2 aromatic heterocycles. The number of carbonyl (C=O) groups excluding carboxylic acids is 2. The van der Waals surface area contributed by atoms with Crippen molar-refractivity contribution < 1.29 is 14.3 Å². The van der Waals surface area contributed by atoms with Crippen LogP contribution in [0.25, 0.3) is 10.6 Å². The first-order valence-electron chi connectivity index (χ1n) is 9.61. The summed E-state index contributed by atoms with van der Waals surface area (Å²) >= 11 is 7.11. The molecule has 0 atom stereocenters. The fourth-order valence-corrected chi connectivity index (χ4v) is 3.88. The van der Waals surface area contributed by atoms with Gasteiger partial charge in [-0.25, -0.2) is 14.6 Å². The van der Waals surface area contributed by atoms with Crippen LogP contribution in [-0.2, 0) is 18.3 Å². The minimum Gasteiger partial charge on any atom is -0.453 e. The number of anilines is 1. The summed E-state index contributed by atoms with van der Waals surface area (Å²) in [5.41, 5.74) is 4.92. The maximum absolute atomic E-state index is 12.7. The number of nitrogen functional groups attached to an aromatic ring is 1. The maximum Gasteiger partial charge on any atom is 0.358 e. The molecule has 168 valence electrons. The molecule has 11 heteroatoms. The number of rotatable bonds is 7. The fourth-order valence-electron chi connectivity index (χ4n) is 2.96. The summed E-state index contributed by atoms with van der Waals surface area (Å²) in [5, 5.41) is 2.67. The van der Waals surface area contributed by atoms with E-state index in [1.54, 1.807) is 24.3 Å². The topological polar surface area (TPSA) is 126 Å². The van der Waals surface area contributed by atoms with Crippen LogP contribution in [0.5, 0.6) is 0 Å². The lowest BCUT2D eigenvalue weighted by Gasteiger charge is -2.16. The molecule has 0 bridgehead atoms. The van der Waals surface area contributed by atoms with E-state index in [1.165, 1.54) is 28.3 Å². The predicted octanol–water partition coefficient (Wildman–Crippen LogP) is 2.60. The van der Waals surface area contributed by atoms with E-state index in [-0.39, 0.29) is 29.5 Å². The number of esters is 1. The molecule has 0 aliphatic rings. The van der Waals surface area contributed by atoms with Crippen LogP contribution in [0.15, 0.2) is 39.2 Å². The summed E-state index contributed by atoms with van der Waals surface area (Å²) in [5.74, 6) is -1.82. The highest BCUT2D eigenvalue weighted by Crippen LogP contribution is 2.25. The van der Waals surface area contributed by atoms with Gasteiger partial charge < -0.3 is 10.5 Å². The summed E-state index contributed by atoms with van der Waals surface area (Å²) in [6, 6.07) is 6.95. The lowest BCUT2D eigenvalue weighted by Crippen LogP contribution is -2.43. The van der Waals surface area contributed by atoms with Gasteiger partial charge in [0.05, 0.1) is 0 Å². The number of carbonyl (C=O) groups is 2. The van der Waals surface area contributed by atoms with Crippen LogP contribution in [0.1, 0.15) is 34.7 Å². The first kappa shape index (κ1) is 23.4. The standard InChI is InChI=1S/C21H21ClN4O5S/c1-11(2)8-26-17(23)16(19(28)25(3)21(26)30)15(27)9-31-20(29)14-10-32-18(24-14)12-4-6-13(22)7-5-12/h4-7,10-11H,8-9,23H2,1-3H3. The van der Waals surface area contributed by atoms with E-state index in [2.05, 4.69) is 4.98 Å². The third-order valence-electron chi connectivity index (χ3n) is 4.55. The minimum atomic E-state index is -0.841. The fraction of sp³-hybridized carbons (Fsp3) is 0.286. The second-order valence-corrected chi connectivity index (χ2v) is 8.75. The number of ether oxygens (including phenoxy) is 1. The molecule has 9 nitrogen and oxygen atoms in total. The first-order valence-corrected chi connectivity index (χ1v) is 10.9. The van der Waals surface area contributed by atoms with Gasteiger partial charge in [0.15, 0.2) is 12.3 Å². The van der Waals surface area contributed by atoms with Crippen molar-refractivity contribution in [2.24, 2.45) is 13.0 Å². The summed E-state index contributed by atoms with van der Waals surface area (Å²) in [4.78, 5) is 54.1. The SMILES string of the molecule is CC(C)Cn1c(N)c(C(=O)COC(=O)c2csc(-c3ccc(Cl)cc3)n2)c(=O)n(C)c1=O. The largest absolute Gasteiger partial charge is 0.453 e. The molecular formula is C21H21ClN4O5S. The van der Waals surface area contributed by atoms with Gasteiger partial charge in [0, 0.05) is 29.6 Å². The van der Waals surface area contributed by atoms with Crippen LogP contribution in [-0.4, -0.2) is 32.5 Å². The summed E-state index contributed by atoms with van der Waals surface area (Å²) in [7, 11) is 1.26. The van der Waals surface area contributed by atoms with E-state index in [1.807, 2.05) is 13.8 Å². The zero-order chi connectivity index (χ0) is 23.6. The highest BCUT2D eigenvalue weighted by Gasteiger charge is 2.23. The van der Waals surface area contributed by atoms with Gasteiger partial charge in [-0.05, 0) is 18.1 Å². The van der Waals surface area contributed by atoms with E-state index in [9.17, 15) is 19.2 Å². The molecule has 0 fully saturated rings. The van der Waals surface area contributed by atoms with Crippen molar-refractivity contribution in [1.29, 1.82) is 0 Å². The number of hydrogen-bond donors (Lipinski definition) is 1. The highest BCUT2D eigenvalue weighted by atomic mass is 35.5. The zero-order valence-corrected chi connectivity index (χ0v) is 19.2. The van der Waals surface area contributed by atoms with Gasteiger partial charge >= 0.3 is 11.7 Å². The van der Waals surface area contributed by atoms with Gasteiger partial charge in [0.25, 0.3) is 5.56 Å². The average molecular weight is 477 g/mol. The monoisotopic (exact) mass is 476 g/mol. The van der Waals surface area contributed by atoms with E-state index < -0.39 is 29.6 Å². The average Bonchev–Trinajstić information content (AvgIpc) is 3.24. The summed E-state index contributed by atoms with van der Waals surface area (Å²) < 4.78 is 7.04. The van der Waals surface area contributed by atoms with E-state index >= 15 is 0 Å². The van der Waals surface area contributed by atoms with Gasteiger partial charge in [0.1, 0.15) is 16.4 Å². The van der Waals surface area contributed by atoms with Crippen LogP contribution < -0.4 is 17.0 Å². The number of benzene rings is 1. The van der Waals surface area contributed by atoms with Crippen molar-refractivity contribution in [1.82, 2.24) is 14.1 Å². The predicted molar refractivity (Wildman–Crippen MR) is 122 cm³/mol. The molecule has 0 aliphatic carbocycles. The van der Waals surface area contributed by atoms with Gasteiger partial charge in [-0.2, -0.15) is 0 Å². The molecule has 3 aromatic rings. The number of nitrogens with two attached hydrogens (primary N) is 1. The van der Waals surface area contributed by atoms with Crippen molar-refractivity contribution in [3.8, 4) is 10.6 Å². The third kappa shape index (κ3) is 4.81. The van der Waals surface area contributed by atoms with Crippen molar-refractivity contribution in [2.75, 3.05) is 12.3 Å². The number of halogens is 1. The zero-order valence-electron chi connectivity index (χ0n) is 17.6. The van der Waals surface area contributed by atoms with Gasteiger partial charge in [-0.3, -0.25) is 18.7 Å². The van der Waals surface area contributed by atoms with Crippen molar-refractivity contribution in [3.05, 3.63) is 66.8 Å². The maximum atomic E-state index is 12.7. The Hall–Kier alpha value is -3.24. The van der Waals surface area contributed by atoms with Gasteiger partial charge in [0.2, 0.25) is 5.78 Å². The van der Waals surface area contributed by atoms with Crippen LogP contribution in [0.3, 0.4) is 0 Å². The van der Waals surface area contributed by atoms with Gasteiger partial charge in [-0.15, -0.1) is 11.3 Å². The number of ketones is 1. The molecule has 0 saturated heterocycles. The van der Waals surface area contributed by atoms with Crippen molar-refractivity contribution >= 4 is 40.5 Å². The Bertz CT molecular complexity index is 1290. The molecule has 3 rings (SSSR count). The molecule has 0 spiro atoms. The van der Waals surface area contributed by atoms with Crippen LogP contribution >= 0.6 is 22.9 Å². The summed E-state index contributed by atoms with van der Waals surface area (Å²) in [6.45, 7) is 3.25. The highest BCUT2D eigenvalue weighted by molar-refractivity contribution is 7.13. The molecule has 0 radical (unpaired) electrons. The van der Waals surface area contributed by atoms with E-state index in [0.29, 0.717) is 10.0 Å². The molecule has 1 aromatic carbocycles. The molecule has 0 aliphatic heterocycles. The van der Waals surface area contributed by atoms with E-state index in [4.69, 9.17) is 22.1 Å². The Morgan fingerprint density at radius 1 is 1.22 bits per heavy atom. The van der Waals surface area contributed by atoms with Crippen LogP contribution in [0.4, 0.5) is 5.82 Å². The second-order valence-electron chi connectivity index (χ2n) is 7.46. The molecule has 2 N–H and O–H groups in total. The Kier molecular flexibility index (Phi) is 6.95. The van der Waals surface area contributed by atoms with Crippen molar-refractivity contribution in [3.63, 3.8) is 0 Å². The Labute approximate surface area is 192 Å². The van der Waals surface area contributed by atoms with Crippen molar-refractivity contribution in [2.45, 2.75) is 20.4 Å².